The molecule has 0 saturated carbocycles. The molecular formula is C11H8N2NaO6PS2. The molecule has 0 radical (unpaired) electrons. The van der Waals surface area contributed by atoms with Crippen LogP contribution in [0.1, 0.15) is 5.01 Å². The topological polar surface area (TPSA) is 132 Å². The second-order valence-electron chi connectivity index (χ2n) is 4.31. The number of nitrogens with zero attached hydrogens (tertiary/aromatic N) is 2. The summed E-state index contributed by atoms with van der Waals surface area (Å²) < 4.78 is 16.0. The number of thiazole rings is 1. The van der Waals surface area contributed by atoms with Gasteiger partial charge in [0.15, 0.2) is 0 Å². The number of aromatic nitrogens is 1. The molecule has 1 aromatic heterocycles. The quantitative estimate of drug-likeness (QED) is 0.434. The molecule has 116 valence electrons. The smallest absolute Gasteiger partial charge is 0.548 e. The molecule has 0 unspecified atom stereocenters. The van der Waals surface area contributed by atoms with E-state index in [1.165, 1.54) is 35.2 Å². The van der Waals surface area contributed by atoms with Gasteiger partial charge in [-0.05, 0) is 12.1 Å². The number of thioether (sulfide) groups is 1. The summed E-state index contributed by atoms with van der Waals surface area (Å²) in [6, 6.07) is 3.56. The average molecular weight is 382 g/mol. The normalized spacial score (nSPS) is 17.7. The van der Waals surface area contributed by atoms with E-state index in [-0.39, 0.29) is 35.3 Å². The van der Waals surface area contributed by atoms with Gasteiger partial charge in [0.05, 0.1) is 16.2 Å². The predicted molar refractivity (Wildman–Crippen MR) is 80.1 cm³/mol. The zero-order valence-corrected chi connectivity index (χ0v) is 16.2. The van der Waals surface area contributed by atoms with Crippen LogP contribution in [-0.2, 0) is 9.36 Å². The number of fused-ring (bicyclic) bond motifs is 1. The first-order valence-electron chi connectivity index (χ1n) is 5.89. The van der Waals surface area contributed by atoms with E-state index >= 15 is 0 Å². The van der Waals surface area contributed by atoms with E-state index < -0.39 is 19.8 Å². The van der Waals surface area contributed by atoms with Crippen molar-refractivity contribution >= 4 is 52.2 Å². The van der Waals surface area contributed by atoms with Crippen molar-refractivity contribution in [3.05, 3.63) is 23.2 Å². The number of phosphoric ester groups is 1. The molecule has 2 heterocycles. The van der Waals surface area contributed by atoms with Gasteiger partial charge >= 0.3 is 37.4 Å². The Morgan fingerprint density at radius 1 is 1.43 bits per heavy atom. The zero-order chi connectivity index (χ0) is 15.9. The molecular weight excluding hydrogens is 374 g/mol. The minimum absolute atomic E-state index is 0. The molecule has 23 heavy (non-hydrogen) atoms. The molecule has 0 saturated heterocycles. The second kappa shape index (κ2) is 7.20. The first kappa shape index (κ1) is 18.9. The van der Waals surface area contributed by atoms with Crippen molar-refractivity contribution in [2.24, 2.45) is 4.99 Å². The van der Waals surface area contributed by atoms with Crippen LogP contribution >= 0.6 is 30.9 Å². The number of carbonyl (C=O) groups is 1. The van der Waals surface area contributed by atoms with E-state index in [4.69, 9.17) is 9.79 Å². The van der Waals surface area contributed by atoms with E-state index in [1.807, 2.05) is 0 Å². The van der Waals surface area contributed by atoms with Crippen LogP contribution in [0.25, 0.3) is 10.2 Å². The molecule has 0 fully saturated rings. The molecule has 2 N–H and O–H groups in total. The Morgan fingerprint density at radius 3 is 2.78 bits per heavy atom. The maximum Gasteiger partial charge on any atom is 1.00 e. The molecule has 12 heteroatoms. The predicted octanol–water partition coefficient (Wildman–Crippen LogP) is -2.62. The van der Waals surface area contributed by atoms with Gasteiger partial charge in [0.2, 0.25) is 0 Å². The summed E-state index contributed by atoms with van der Waals surface area (Å²) in [6.45, 7) is 0. The molecule has 1 atom stereocenters. The van der Waals surface area contributed by atoms with Gasteiger partial charge in [0.1, 0.15) is 21.8 Å². The van der Waals surface area contributed by atoms with Crippen LogP contribution in [-0.4, -0.2) is 37.6 Å². The number of carbonyl (C=O) groups excluding carboxylic acids is 1. The number of benzene rings is 1. The Kier molecular flexibility index (Phi) is 5.91. The third kappa shape index (κ3) is 4.55. The Bertz CT molecular complexity index is 835. The van der Waals surface area contributed by atoms with Crippen LogP contribution in [0.15, 0.2) is 23.2 Å². The SMILES string of the molecule is O=C([O-])[C@@H]1CSC(c2nc3ccc(OP(=O)(O)O)cc3s2)=N1.[Na+]. The van der Waals surface area contributed by atoms with Crippen LogP contribution in [0, 0.1) is 0 Å². The third-order valence-corrected chi connectivity index (χ3v) is 5.35. The van der Waals surface area contributed by atoms with E-state index in [9.17, 15) is 14.5 Å². The van der Waals surface area contributed by atoms with E-state index in [2.05, 4.69) is 14.5 Å². The Morgan fingerprint density at radius 2 is 2.17 bits per heavy atom. The Labute approximate surface area is 160 Å². The summed E-state index contributed by atoms with van der Waals surface area (Å²) in [7, 11) is -4.61. The van der Waals surface area contributed by atoms with Crippen molar-refractivity contribution in [2.75, 3.05) is 5.75 Å². The van der Waals surface area contributed by atoms with Gasteiger partial charge in [-0.15, -0.1) is 23.1 Å². The van der Waals surface area contributed by atoms with Crippen LogP contribution < -0.4 is 39.2 Å². The molecule has 0 bridgehead atoms. The van der Waals surface area contributed by atoms with Gasteiger partial charge in [-0.25, -0.2) is 9.55 Å². The second-order valence-corrected chi connectivity index (χ2v) is 7.51. The van der Waals surface area contributed by atoms with Gasteiger partial charge in [-0.3, -0.25) is 14.8 Å². The standard InChI is InChI=1S/C11H9N2O6PS2.Na/c14-11(15)7-4-21-9(13-7)10-12-6-2-1-5(3-8(6)22-10)19-20(16,17)18;/h1-3,7H,4H2,(H,14,15)(H2,16,17,18);/q;+1/p-1/t7-;/m0./s1. The number of hydrogen-bond acceptors (Lipinski definition) is 8. The summed E-state index contributed by atoms with van der Waals surface area (Å²) in [5.41, 5.74) is 0.610. The number of aliphatic imine (C=N–C) groups is 1. The summed E-state index contributed by atoms with van der Waals surface area (Å²) in [5.74, 6) is -0.884. The fourth-order valence-corrected chi connectivity index (χ4v) is 4.28. The molecule has 0 amide bonds. The fourth-order valence-electron chi connectivity index (χ4n) is 1.80. The molecule has 1 aliphatic rings. The van der Waals surface area contributed by atoms with Gasteiger partial charge in [0, 0.05) is 11.8 Å². The van der Waals surface area contributed by atoms with Crippen LogP contribution in [0.2, 0.25) is 0 Å². The Hall–Kier alpha value is -0.450. The summed E-state index contributed by atoms with van der Waals surface area (Å²) in [6.07, 6.45) is 0. The first-order chi connectivity index (χ1) is 10.3. The minimum atomic E-state index is -4.61. The number of aliphatic carboxylic acids is 1. The van der Waals surface area contributed by atoms with E-state index in [1.54, 1.807) is 6.07 Å². The fraction of sp³-hybridized carbons (Fsp3) is 0.182. The Balaban J connectivity index is 0.00000192. The molecule has 1 aliphatic heterocycles. The first-order valence-corrected chi connectivity index (χ1v) is 9.22. The van der Waals surface area contributed by atoms with Crippen molar-refractivity contribution in [1.29, 1.82) is 0 Å². The number of rotatable bonds is 4. The largest absolute Gasteiger partial charge is 1.00 e. The van der Waals surface area contributed by atoms with Gasteiger partial charge in [0.25, 0.3) is 0 Å². The summed E-state index contributed by atoms with van der Waals surface area (Å²) in [4.78, 5) is 36.8. The number of hydrogen-bond donors (Lipinski definition) is 2. The minimum Gasteiger partial charge on any atom is -0.548 e. The molecule has 0 aliphatic carbocycles. The number of phosphoric acid groups is 1. The van der Waals surface area contributed by atoms with Crippen molar-refractivity contribution < 1.29 is 58.3 Å². The van der Waals surface area contributed by atoms with E-state index in [0.29, 0.717) is 26.0 Å². The van der Waals surface area contributed by atoms with Crippen molar-refractivity contribution in [2.45, 2.75) is 6.04 Å². The van der Waals surface area contributed by atoms with Gasteiger partial charge in [-0.2, -0.15) is 0 Å². The summed E-state index contributed by atoms with van der Waals surface area (Å²) in [5, 5.41) is 11.9. The van der Waals surface area contributed by atoms with Crippen molar-refractivity contribution in [1.82, 2.24) is 4.98 Å². The van der Waals surface area contributed by atoms with E-state index in [0.717, 1.165) is 0 Å². The van der Waals surface area contributed by atoms with Crippen LogP contribution in [0.4, 0.5) is 0 Å². The molecule has 8 nitrogen and oxygen atoms in total. The maximum absolute atomic E-state index is 10.8. The molecule has 3 rings (SSSR count). The average Bonchev–Trinajstić information content (AvgIpc) is 3.02. The van der Waals surface area contributed by atoms with Gasteiger partial charge < -0.3 is 14.4 Å². The maximum atomic E-state index is 10.8. The number of carboxylic acids is 1. The van der Waals surface area contributed by atoms with Crippen LogP contribution in [0.3, 0.4) is 0 Å². The summed E-state index contributed by atoms with van der Waals surface area (Å²) >= 11 is 2.52. The van der Waals surface area contributed by atoms with Crippen molar-refractivity contribution in [3.63, 3.8) is 0 Å². The monoisotopic (exact) mass is 382 g/mol. The zero-order valence-electron chi connectivity index (χ0n) is 11.7. The number of carboxylic acid groups (broad SMARTS) is 1. The van der Waals surface area contributed by atoms with Gasteiger partial charge in [-0.1, -0.05) is 0 Å². The third-order valence-electron chi connectivity index (χ3n) is 2.69. The van der Waals surface area contributed by atoms with Crippen molar-refractivity contribution in [3.8, 4) is 5.75 Å². The molecule has 2 aromatic rings. The van der Waals surface area contributed by atoms with Crippen LogP contribution in [0.5, 0.6) is 5.75 Å². The molecule has 1 aromatic carbocycles. The molecule has 0 spiro atoms.